The van der Waals surface area contributed by atoms with Gasteiger partial charge in [-0.1, -0.05) is 12.1 Å². The quantitative estimate of drug-likeness (QED) is 0.851. The zero-order chi connectivity index (χ0) is 14.5. The van der Waals surface area contributed by atoms with Crippen LogP contribution in [-0.2, 0) is 9.53 Å². The Bertz CT molecular complexity index is 447. The molecule has 5 nitrogen and oxygen atoms in total. The first-order valence-corrected chi connectivity index (χ1v) is 6.87. The molecule has 20 heavy (non-hydrogen) atoms. The normalized spacial score (nSPS) is 23.4. The third-order valence-electron chi connectivity index (χ3n) is 3.50. The number of hydrogen-bond donors (Lipinski definition) is 2. The Labute approximate surface area is 119 Å². The largest absolute Gasteiger partial charge is 0.486 e. The molecule has 2 rings (SSSR count). The molecule has 0 spiro atoms. The molecular formula is C15H22N2O3. The molecule has 0 aliphatic carbocycles. The van der Waals surface area contributed by atoms with E-state index >= 15 is 0 Å². The van der Waals surface area contributed by atoms with E-state index in [0.717, 1.165) is 24.4 Å². The Balaban J connectivity index is 1.96. The molecule has 0 saturated carbocycles. The first kappa shape index (κ1) is 14.8. The van der Waals surface area contributed by atoms with Crippen LogP contribution in [0.2, 0.25) is 0 Å². The maximum atomic E-state index is 11.0. The van der Waals surface area contributed by atoms with Gasteiger partial charge in [0, 0.05) is 27.1 Å². The second kappa shape index (κ2) is 6.72. The van der Waals surface area contributed by atoms with Gasteiger partial charge in [0.05, 0.1) is 6.04 Å². The molecule has 2 N–H and O–H groups in total. The predicted octanol–water partition coefficient (Wildman–Crippen LogP) is 1.25. The van der Waals surface area contributed by atoms with Crippen LogP contribution in [0.5, 0.6) is 5.75 Å². The number of rotatable bonds is 5. The van der Waals surface area contributed by atoms with Crippen LogP contribution in [-0.4, -0.2) is 38.3 Å². The van der Waals surface area contributed by atoms with Crippen molar-refractivity contribution in [2.24, 2.45) is 0 Å². The lowest BCUT2D eigenvalue weighted by Gasteiger charge is -2.19. The zero-order valence-electron chi connectivity index (χ0n) is 12.2. The van der Waals surface area contributed by atoms with Crippen molar-refractivity contribution in [3.8, 4) is 5.75 Å². The summed E-state index contributed by atoms with van der Waals surface area (Å²) >= 11 is 0. The topological polar surface area (TPSA) is 59.6 Å². The minimum absolute atomic E-state index is 0.00132. The van der Waals surface area contributed by atoms with Crippen LogP contribution in [0.3, 0.4) is 0 Å². The van der Waals surface area contributed by atoms with E-state index in [4.69, 9.17) is 9.47 Å². The van der Waals surface area contributed by atoms with E-state index in [2.05, 4.69) is 10.6 Å². The molecule has 1 aliphatic rings. The van der Waals surface area contributed by atoms with Gasteiger partial charge in [-0.25, -0.2) is 0 Å². The Kier molecular flexibility index (Phi) is 4.98. The number of ether oxygens (including phenoxy) is 2. The molecule has 1 aromatic carbocycles. The molecule has 1 saturated heterocycles. The molecule has 1 aliphatic heterocycles. The molecule has 0 radical (unpaired) electrons. The fourth-order valence-electron chi connectivity index (χ4n) is 2.38. The number of amides is 1. The molecule has 0 aromatic heterocycles. The molecule has 1 unspecified atom stereocenters. The number of nitrogens with one attached hydrogen (secondary N) is 2. The fourth-order valence-corrected chi connectivity index (χ4v) is 2.38. The van der Waals surface area contributed by atoms with Gasteiger partial charge in [0.1, 0.15) is 18.0 Å². The van der Waals surface area contributed by atoms with Crippen LogP contribution >= 0.6 is 0 Å². The van der Waals surface area contributed by atoms with Crippen molar-refractivity contribution >= 4 is 5.91 Å². The van der Waals surface area contributed by atoms with Gasteiger partial charge in [0.25, 0.3) is 0 Å². The van der Waals surface area contributed by atoms with E-state index in [1.165, 1.54) is 6.92 Å². The second-order valence-corrected chi connectivity index (χ2v) is 5.08. The summed E-state index contributed by atoms with van der Waals surface area (Å²) in [6.45, 7) is 5.09. The van der Waals surface area contributed by atoms with E-state index in [1.807, 2.05) is 31.2 Å². The Morgan fingerprint density at radius 3 is 2.55 bits per heavy atom. The molecule has 1 fully saturated rings. The average Bonchev–Trinajstić information content (AvgIpc) is 2.86. The van der Waals surface area contributed by atoms with Gasteiger partial charge < -0.3 is 20.1 Å². The van der Waals surface area contributed by atoms with E-state index in [0.29, 0.717) is 0 Å². The van der Waals surface area contributed by atoms with Crippen LogP contribution in [0.4, 0.5) is 0 Å². The summed E-state index contributed by atoms with van der Waals surface area (Å²) in [5.74, 6) is 0.789. The summed E-state index contributed by atoms with van der Waals surface area (Å²) in [6.07, 6.45) is 0.131. The highest BCUT2D eigenvalue weighted by Crippen LogP contribution is 2.20. The van der Waals surface area contributed by atoms with Gasteiger partial charge in [-0.2, -0.15) is 0 Å². The average molecular weight is 278 g/mol. The standard InChI is InChI=1S/C15H22N2O3/c1-10(17-11(2)18)12-4-6-13(7-5-12)20-15-9-16-8-14(15)19-3/h4-7,10,14-16H,8-9H2,1-3H3,(H,17,18)/t10-,14?,15-/m0/s1. The van der Waals surface area contributed by atoms with Gasteiger partial charge >= 0.3 is 0 Å². The van der Waals surface area contributed by atoms with Crippen LogP contribution in [0.1, 0.15) is 25.5 Å². The van der Waals surface area contributed by atoms with Crippen molar-refractivity contribution in [2.45, 2.75) is 32.1 Å². The lowest BCUT2D eigenvalue weighted by Crippen LogP contribution is -2.31. The smallest absolute Gasteiger partial charge is 0.217 e. The Morgan fingerprint density at radius 1 is 1.30 bits per heavy atom. The van der Waals surface area contributed by atoms with E-state index in [1.54, 1.807) is 7.11 Å². The van der Waals surface area contributed by atoms with Gasteiger partial charge in [-0.3, -0.25) is 4.79 Å². The maximum Gasteiger partial charge on any atom is 0.217 e. The van der Waals surface area contributed by atoms with Crippen LogP contribution in [0.25, 0.3) is 0 Å². The minimum Gasteiger partial charge on any atom is -0.486 e. The fraction of sp³-hybridized carbons (Fsp3) is 0.533. The van der Waals surface area contributed by atoms with Crippen molar-refractivity contribution in [2.75, 3.05) is 20.2 Å². The van der Waals surface area contributed by atoms with Crippen LogP contribution < -0.4 is 15.4 Å². The number of benzene rings is 1. The van der Waals surface area contributed by atoms with Crippen molar-refractivity contribution in [1.29, 1.82) is 0 Å². The highest BCUT2D eigenvalue weighted by Gasteiger charge is 2.28. The number of methoxy groups -OCH3 is 1. The summed E-state index contributed by atoms with van der Waals surface area (Å²) in [7, 11) is 1.70. The van der Waals surface area contributed by atoms with Gasteiger partial charge in [-0.05, 0) is 24.6 Å². The monoisotopic (exact) mass is 278 g/mol. The maximum absolute atomic E-state index is 11.0. The van der Waals surface area contributed by atoms with E-state index < -0.39 is 0 Å². The molecule has 0 bridgehead atoms. The minimum atomic E-state index is -0.0298. The molecule has 1 heterocycles. The van der Waals surface area contributed by atoms with Crippen molar-refractivity contribution in [3.05, 3.63) is 29.8 Å². The van der Waals surface area contributed by atoms with Crippen molar-refractivity contribution in [1.82, 2.24) is 10.6 Å². The van der Waals surface area contributed by atoms with E-state index in [9.17, 15) is 4.79 Å². The lowest BCUT2D eigenvalue weighted by atomic mass is 10.1. The Hall–Kier alpha value is -1.59. The van der Waals surface area contributed by atoms with Crippen LogP contribution in [0, 0.1) is 0 Å². The first-order valence-electron chi connectivity index (χ1n) is 6.87. The summed E-state index contributed by atoms with van der Waals surface area (Å²) in [6, 6.07) is 7.80. The molecule has 5 heteroatoms. The molecular weight excluding hydrogens is 256 g/mol. The third kappa shape index (κ3) is 3.71. The first-order chi connectivity index (χ1) is 9.60. The molecule has 110 valence electrons. The summed E-state index contributed by atoms with van der Waals surface area (Å²) in [5, 5.41) is 6.11. The SMILES string of the molecule is COC1CNC[C@@H]1Oc1ccc([C@H](C)NC(C)=O)cc1. The lowest BCUT2D eigenvalue weighted by molar-refractivity contribution is -0.119. The highest BCUT2D eigenvalue weighted by atomic mass is 16.5. The molecule has 1 aromatic rings. The van der Waals surface area contributed by atoms with Crippen LogP contribution in [0.15, 0.2) is 24.3 Å². The van der Waals surface area contributed by atoms with Gasteiger partial charge in [0.2, 0.25) is 5.91 Å². The Morgan fingerprint density at radius 2 is 1.95 bits per heavy atom. The number of hydrogen-bond acceptors (Lipinski definition) is 4. The van der Waals surface area contributed by atoms with Gasteiger partial charge in [-0.15, -0.1) is 0 Å². The molecule has 1 amide bonds. The zero-order valence-corrected chi connectivity index (χ0v) is 12.2. The second-order valence-electron chi connectivity index (χ2n) is 5.08. The third-order valence-corrected chi connectivity index (χ3v) is 3.50. The number of carbonyl (C=O) groups excluding carboxylic acids is 1. The molecule has 3 atom stereocenters. The summed E-state index contributed by atoms with van der Waals surface area (Å²) in [5.41, 5.74) is 1.06. The summed E-state index contributed by atoms with van der Waals surface area (Å²) in [4.78, 5) is 11.0. The van der Waals surface area contributed by atoms with Crippen molar-refractivity contribution < 1.29 is 14.3 Å². The predicted molar refractivity (Wildman–Crippen MR) is 76.8 cm³/mol. The van der Waals surface area contributed by atoms with Crippen molar-refractivity contribution in [3.63, 3.8) is 0 Å². The van der Waals surface area contributed by atoms with E-state index in [-0.39, 0.29) is 24.2 Å². The van der Waals surface area contributed by atoms with Gasteiger partial charge in [0.15, 0.2) is 0 Å². The number of carbonyl (C=O) groups is 1. The summed E-state index contributed by atoms with van der Waals surface area (Å²) < 4.78 is 11.3. The highest BCUT2D eigenvalue weighted by molar-refractivity contribution is 5.73.